The van der Waals surface area contributed by atoms with E-state index < -0.39 is 0 Å². The fourth-order valence-electron chi connectivity index (χ4n) is 0.834. The molecule has 1 N–H and O–H groups in total. The lowest BCUT2D eigenvalue weighted by atomic mass is 10.1. The molecule has 0 spiro atoms. The lowest BCUT2D eigenvalue weighted by Crippen LogP contribution is -1.91. The highest BCUT2D eigenvalue weighted by molar-refractivity contribution is 5.76. The van der Waals surface area contributed by atoms with Gasteiger partial charge in [-0.2, -0.15) is 5.10 Å². The number of aromatic nitrogens is 2. The lowest BCUT2D eigenvalue weighted by Gasteiger charge is -1.97. The van der Waals surface area contributed by atoms with Gasteiger partial charge < -0.3 is 0 Å². The third-order valence-corrected chi connectivity index (χ3v) is 1.58. The topological polar surface area (TPSA) is 41.0 Å². The lowest BCUT2D eigenvalue weighted by molar-refractivity contribution is 0.597. The molecule has 0 atom stereocenters. The highest BCUT2D eigenvalue weighted by Crippen LogP contribution is 1.98. The van der Waals surface area contributed by atoms with Crippen molar-refractivity contribution in [3.63, 3.8) is 0 Å². The largest absolute Gasteiger partial charge is 0.291 e. The first-order valence-corrected chi connectivity index (χ1v) is 4.28. The summed E-state index contributed by atoms with van der Waals surface area (Å²) < 4.78 is 0. The Morgan fingerprint density at radius 2 is 2.50 bits per heavy atom. The van der Waals surface area contributed by atoms with Gasteiger partial charge in [0, 0.05) is 19.0 Å². The van der Waals surface area contributed by atoms with E-state index in [1.165, 1.54) is 0 Å². The van der Waals surface area contributed by atoms with Crippen LogP contribution < -0.4 is 0 Å². The van der Waals surface area contributed by atoms with E-state index in [2.05, 4.69) is 29.0 Å². The second-order valence-corrected chi connectivity index (χ2v) is 3.22. The highest BCUT2D eigenvalue weighted by atomic mass is 15.1. The van der Waals surface area contributed by atoms with E-state index in [4.69, 9.17) is 0 Å². The van der Waals surface area contributed by atoms with Gasteiger partial charge in [0.1, 0.15) is 5.69 Å². The Morgan fingerprint density at radius 3 is 3.08 bits per heavy atom. The molecule has 0 aromatic carbocycles. The van der Waals surface area contributed by atoms with Crippen LogP contribution in [-0.4, -0.2) is 23.0 Å². The summed E-state index contributed by atoms with van der Waals surface area (Å²) in [4.78, 5) is 4.25. The summed E-state index contributed by atoms with van der Waals surface area (Å²) in [6, 6.07) is 1.90. The minimum absolute atomic E-state index is 0.723. The first kappa shape index (κ1) is 8.97. The van der Waals surface area contributed by atoms with Crippen molar-refractivity contribution in [2.45, 2.75) is 20.3 Å². The minimum atomic E-state index is 0.723. The van der Waals surface area contributed by atoms with Crippen LogP contribution in [0.3, 0.4) is 0 Å². The average Bonchev–Trinajstić information content (AvgIpc) is 2.49. The summed E-state index contributed by atoms with van der Waals surface area (Å²) in [7, 11) is 0. The van der Waals surface area contributed by atoms with E-state index in [0.717, 1.165) is 24.6 Å². The van der Waals surface area contributed by atoms with Crippen molar-refractivity contribution < 1.29 is 0 Å². The van der Waals surface area contributed by atoms with Crippen molar-refractivity contribution >= 4 is 6.21 Å². The number of aliphatic imine (C=N–C) groups is 1. The van der Waals surface area contributed by atoms with Crippen LogP contribution in [0.15, 0.2) is 17.3 Å². The average molecular weight is 165 g/mol. The molecule has 12 heavy (non-hydrogen) atoms. The predicted octanol–water partition coefficient (Wildman–Crippen LogP) is 1.87. The summed E-state index contributed by atoms with van der Waals surface area (Å²) >= 11 is 0. The SMILES string of the molecule is CC(C)CC/N=C/c1cc[nH]n1. The summed E-state index contributed by atoms with van der Waals surface area (Å²) in [6.07, 6.45) is 4.74. The van der Waals surface area contributed by atoms with Gasteiger partial charge in [-0.05, 0) is 18.4 Å². The van der Waals surface area contributed by atoms with E-state index in [-0.39, 0.29) is 0 Å². The Labute approximate surface area is 72.9 Å². The molecule has 0 aliphatic heterocycles. The number of H-pyrrole nitrogens is 1. The fraction of sp³-hybridized carbons (Fsp3) is 0.556. The molecule has 0 bridgehead atoms. The molecule has 3 heteroatoms. The highest BCUT2D eigenvalue weighted by Gasteiger charge is 1.91. The number of hydrogen-bond donors (Lipinski definition) is 1. The molecule has 0 radical (unpaired) electrons. The molecular weight excluding hydrogens is 150 g/mol. The fourth-order valence-corrected chi connectivity index (χ4v) is 0.834. The van der Waals surface area contributed by atoms with Gasteiger partial charge in [-0.15, -0.1) is 0 Å². The Bertz CT molecular complexity index is 224. The number of nitrogens with one attached hydrogen (secondary N) is 1. The molecule has 3 nitrogen and oxygen atoms in total. The molecule has 0 aliphatic carbocycles. The Hall–Kier alpha value is -1.12. The summed E-state index contributed by atoms with van der Waals surface area (Å²) in [5.41, 5.74) is 0.902. The Balaban J connectivity index is 2.23. The summed E-state index contributed by atoms with van der Waals surface area (Å²) in [5, 5.41) is 6.70. The molecule has 0 unspecified atom stereocenters. The monoisotopic (exact) mass is 165 g/mol. The van der Waals surface area contributed by atoms with Crippen LogP contribution in [0.1, 0.15) is 26.0 Å². The zero-order valence-corrected chi connectivity index (χ0v) is 7.62. The van der Waals surface area contributed by atoms with Crippen molar-refractivity contribution in [1.82, 2.24) is 10.2 Å². The van der Waals surface area contributed by atoms with Gasteiger partial charge in [0.2, 0.25) is 0 Å². The van der Waals surface area contributed by atoms with Crippen LogP contribution in [0.4, 0.5) is 0 Å². The molecule has 1 aromatic rings. The second kappa shape index (κ2) is 4.70. The van der Waals surface area contributed by atoms with Gasteiger partial charge in [-0.1, -0.05) is 13.8 Å². The zero-order valence-electron chi connectivity index (χ0n) is 7.62. The molecule has 0 amide bonds. The molecule has 0 aliphatic rings. The van der Waals surface area contributed by atoms with Gasteiger partial charge in [0.15, 0.2) is 0 Å². The molecule has 1 rings (SSSR count). The quantitative estimate of drug-likeness (QED) is 0.680. The van der Waals surface area contributed by atoms with E-state index in [1.54, 1.807) is 12.4 Å². The minimum Gasteiger partial charge on any atom is -0.291 e. The predicted molar refractivity (Wildman–Crippen MR) is 50.5 cm³/mol. The summed E-state index contributed by atoms with van der Waals surface area (Å²) in [5.74, 6) is 0.723. The second-order valence-electron chi connectivity index (χ2n) is 3.22. The van der Waals surface area contributed by atoms with E-state index in [0.29, 0.717) is 0 Å². The smallest absolute Gasteiger partial charge is 0.103 e. The van der Waals surface area contributed by atoms with Crippen LogP contribution in [0, 0.1) is 5.92 Å². The number of aromatic amines is 1. The van der Waals surface area contributed by atoms with E-state index in [9.17, 15) is 0 Å². The standard InChI is InChI=1S/C9H15N3/c1-8(2)3-5-10-7-9-4-6-11-12-9/h4,6-8H,3,5H2,1-2H3,(H,11,12)/b10-7+. The van der Waals surface area contributed by atoms with Crippen molar-refractivity contribution in [3.8, 4) is 0 Å². The maximum atomic E-state index is 4.25. The van der Waals surface area contributed by atoms with Crippen LogP contribution in [0.5, 0.6) is 0 Å². The normalized spacial score (nSPS) is 11.6. The maximum absolute atomic E-state index is 4.25. The van der Waals surface area contributed by atoms with Crippen LogP contribution >= 0.6 is 0 Å². The molecule has 0 fully saturated rings. The van der Waals surface area contributed by atoms with Gasteiger partial charge in [0.05, 0.1) is 0 Å². The Kier molecular flexibility index (Phi) is 3.51. The third kappa shape index (κ3) is 3.32. The Morgan fingerprint density at radius 1 is 1.67 bits per heavy atom. The van der Waals surface area contributed by atoms with Crippen LogP contribution in [-0.2, 0) is 0 Å². The maximum Gasteiger partial charge on any atom is 0.103 e. The third-order valence-electron chi connectivity index (χ3n) is 1.58. The van der Waals surface area contributed by atoms with Crippen LogP contribution in [0.25, 0.3) is 0 Å². The summed E-state index contributed by atoms with van der Waals surface area (Å²) in [6.45, 7) is 5.29. The van der Waals surface area contributed by atoms with Crippen molar-refractivity contribution in [2.24, 2.45) is 10.9 Å². The van der Waals surface area contributed by atoms with Crippen LogP contribution in [0.2, 0.25) is 0 Å². The molecule has 66 valence electrons. The molecule has 0 saturated heterocycles. The molecule has 0 saturated carbocycles. The van der Waals surface area contributed by atoms with Crippen molar-refractivity contribution in [1.29, 1.82) is 0 Å². The van der Waals surface area contributed by atoms with Gasteiger partial charge in [-0.25, -0.2) is 0 Å². The molecule has 1 aromatic heterocycles. The van der Waals surface area contributed by atoms with Gasteiger partial charge in [0.25, 0.3) is 0 Å². The van der Waals surface area contributed by atoms with E-state index >= 15 is 0 Å². The first-order valence-electron chi connectivity index (χ1n) is 4.28. The number of hydrogen-bond acceptors (Lipinski definition) is 2. The van der Waals surface area contributed by atoms with Gasteiger partial charge >= 0.3 is 0 Å². The number of rotatable bonds is 4. The van der Waals surface area contributed by atoms with Gasteiger partial charge in [-0.3, -0.25) is 10.1 Å². The first-order chi connectivity index (χ1) is 5.79. The molecule has 1 heterocycles. The van der Waals surface area contributed by atoms with Crippen molar-refractivity contribution in [2.75, 3.05) is 6.54 Å². The van der Waals surface area contributed by atoms with E-state index in [1.807, 2.05) is 6.07 Å². The number of nitrogens with zero attached hydrogens (tertiary/aromatic N) is 2. The molecular formula is C9H15N3. The zero-order chi connectivity index (χ0) is 8.81. The van der Waals surface area contributed by atoms with Crippen molar-refractivity contribution in [3.05, 3.63) is 18.0 Å².